The molecule has 5 rings (SSSR count). The summed E-state index contributed by atoms with van der Waals surface area (Å²) >= 11 is 0. The highest BCUT2D eigenvalue weighted by Gasteiger charge is 2.21. The van der Waals surface area contributed by atoms with E-state index in [9.17, 15) is 4.79 Å². The summed E-state index contributed by atoms with van der Waals surface area (Å²) in [5.41, 5.74) is 10.7. The molecule has 31 heavy (non-hydrogen) atoms. The Morgan fingerprint density at radius 2 is 1.81 bits per heavy atom. The molecule has 1 aliphatic heterocycles. The topological polar surface area (TPSA) is 91.1 Å². The van der Waals surface area contributed by atoms with Gasteiger partial charge in [0.05, 0.1) is 22.3 Å². The number of fused-ring (bicyclic) bond motifs is 1. The van der Waals surface area contributed by atoms with E-state index in [0.29, 0.717) is 16.9 Å². The Morgan fingerprint density at radius 1 is 1.00 bits per heavy atom. The van der Waals surface area contributed by atoms with Crippen LogP contribution >= 0.6 is 0 Å². The second-order valence-electron chi connectivity index (χ2n) is 7.79. The quantitative estimate of drug-likeness (QED) is 0.526. The predicted octanol–water partition coefficient (Wildman–Crippen LogP) is 3.05. The van der Waals surface area contributed by atoms with Gasteiger partial charge < -0.3 is 15.6 Å². The molecule has 0 atom stereocenters. The number of carbonyl (C=O) groups is 1. The highest BCUT2D eigenvalue weighted by atomic mass is 16.1. The van der Waals surface area contributed by atoms with Gasteiger partial charge >= 0.3 is 0 Å². The maximum Gasteiger partial charge on any atom is 0.250 e. The van der Waals surface area contributed by atoms with Crippen molar-refractivity contribution in [3.63, 3.8) is 0 Å². The van der Waals surface area contributed by atoms with E-state index in [-0.39, 0.29) is 0 Å². The van der Waals surface area contributed by atoms with Crippen LogP contribution in [0, 0.1) is 0 Å². The van der Waals surface area contributed by atoms with Gasteiger partial charge in [0.2, 0.25) is 0 Å². The summed E-state index contributed by atoms with van der Waals surface area (Å²) in [5.74, 6) is 0.211. The number of carbonyl (C=O) groups excluding carboxylic acids is 1. The maximum atomic E-state index is 11.8. The number of nitrogens with one attached hydrogen (secondary N) is 1. The Kier molecular flexibility index (Phi) is 5.09. The summed E-state index contributed by atoms with van der Waals surface area (Å²) in [6.07, 6.45) is 3.64. The Hall–Kier alpha value is -3.71. The van der Waals surface area contributed by atoms with E-state index >= 15 is 0 Å². The van der Waals surface area contributed by atoms with Gasteiger partial charge in [-0.15, -0.1) is 0 Å². The monoisotopic (exact) mass is 412 g/mol. The van der Waals surface area contributed by atoms with E-state index in [2.05, 4.69) is 50.1 Å². The lowest BCUT2D eigenvalue weighted by Crippen LogP contribution is -2.46. The molecule has 7 heteroatoms. The SMILES string of the molecule is NC(=O)c1cccc2[nH]c(-c3cnccc3N3CCN(Cc4ccccc4)CC3)nc12. The van der Waals surface area contributed by atoms with E-state index in [1.165, 1.54) is 5.56 Å². The summed E-state index contributed by atoms with van der Waals surface area (Å²) in [7, 11) is 0. The van der Waals surface area contributed by atoms with Crippen molar-refractivity contribution in [2.45, 2.75) is 6.54 Å². The van der Waals surface area contributed by atoms with Crippen LogP contribution in [0.4, 0.5) is 5.69 Å². The fourth-order valence-electron chi connectivity index (χ4n) is 4.19. The number of hydrogen-bond donors (Lipinski definition) is 2. The molecule has 0 aliphatic carbocycles. The third-order valence-electron chi connectivity index (χ3n) is 5.79. The molecule has 0 spiro atoms. The van der Waals surface area contributed by atoms with Gasteiger partial charge in [0.15, 0.2) is 0 Å². The van der Waals surface area contributed by atoms with Crippen molar-refractivity contribution < 1.29 is 4.79 Å². The lowest BCUT2D eigenvalue weighted by Gasteiger charge is -2.36. The van der Waals surface area contributed by atoms with E-state index in [0.717, 1.165) is 49.5 Å². The second kappa shape index (κ2) is 8.20. The van der Waals surface area contributed by atoms with Crippen LogP contribution in [0.15, 0.2) is 67.0 Å². The number of benzene rings is 2. The lowest BCUT2D eigenvalue weighted by atomic mass is 10.1. The van der Waals surface area contributed by atoms with Gasteiger partial charge in [0, 0.05) is 45.1 Å². The summed E-state index contributed by atoms with van der Waals surface area (Å²) < 4.78 is 0. The zero-order chi connectivity index (χ0) is 21.2. The number of pyridine rings is 1. The lowest BCUT2D eigenvalue weighted by molar-refractivity contribution is 0.100. The Morgan fingerprint density at radius 3 is 2.58 bits per heavy atom. The molecular formula is C24H24N6O. The van der Waals surface area contributed by atoms with Gasteiger partial charge in [-0.3, -0.25) is 14.7 Å². The summed E-state index contributed by atoms with van der Waals surface area (Å²) in [5, 5.41) is 0. The minimum atomic E-state index is -0.482. The third kappa shape index (κ3) is 3.87. The number of rotatable bonds is 5. The van der Waals surface area contributed by atoms with Crippen molar-refractivity contribution in [1.29, 1.82) is 0 Å². The number of nitrogens with two attached hydrogens (primary N) is 1. The van der Waals surface area contributed by atoms with Gasteiger partial charge in [-0.25, -0.2) is 4.98 Å². The normalized spacial score (nSPS) is 14.8. The summed E-state index contributed by atoms with van der Waals surface area (Å²) in [6.45, 7) is 4.80. The molecule has 2 aromatic carbocycles. The highest BCUT2D eigenvalue weighted by molar-refractivity contribution is 6.04. The maximum absolute atomic E-state index is 11.8. The van der Waals surface area contributed by atoms with Crippen LogP contribution in [0.5, 0.6) is 0 Å². The standard InChI is InChI=1S/C24H24N6O/c25-23(31)18-7-4-8-20-22(18)28-24(27-20)19-15-26-10-9-21(19)30-13-11-29(12-14-30)16-17-5-2-1-3-6-17/h1-10,15H,11-14,16H2,(H2,25,31)(H,27,28). The van der Waals surface area contributed by atoms with Crippen molar-refractivity contribution >= 4 is 22.6 Å². The first-order chi connectivity index (χ1) is 15.2. The molecule has 0 radical (unpaired) electrons. The van der Waals surface area contributed by atoms with E-state index < -0.39 is 5.91 Å². The van der Waals surface area contributed by atoms with Crippen LogP contribution in [0.25, 0.3) is 22.4 Å². The molecule has 1 aliphatic rings. The highest BCUT2D eigenvalue weighted by Crippen LogP contribution is 2.31. The molecule has 0 bridgehead atoms. The minimum Gasteiger partial charge on any atom is -0.368 e. The molecular weight excluding hydrogens is 388 g/mol. The first kappa shape index (κ1) is 19.3. The molecule has 0 unspecified atom stereocenters. The second-order valence-corrected chi connectivity index (χ2v) is 7.79. The molecule has 3 heterocycles. The third-order valence-corrected chi connectivity index (χ3v) is 5.79. The number of primary amides is 1. The first-order valence-corrected chi connectivity index (χ1v) is 10.4. The number of piperazine rings is 1. The first-order valence-electron chi connectivity index (χ1n) is 10.4. The Labute approximate surface area is 180 Å². The van der Waals surface area contributed by atoms with Crippen LogP contribution < -0.4 is 10.6 Å². The summed E-state index contributed by atoms with van der Waals surface area (Å²) in [4.78, 5) is 29.0. The summed E-state index contributed by atoms with van der Waals surface area (Å²) in [6, 6.07) is 18.0. The van der Waals surface area contributed by atoms with Gasteiger partial charge in [-0.1, -0.05) is 36.4 Å². The van der Waals surface area contributed by atoms with E-state index in [4.69, 9.17) is 10.7 Å². The molecule has 1 saturated heterocycles. The molecule has 2 aromatic heterocycles. The average molecular weight is 412 g/mol. The van der Waals surface area contributed by atoms with Crippen molar-refractivity contribution in [2.75, 3.05) is 31.1 Å². The fraction of sp³-hybridized carbons (Fsp3) is 0.208. The number of imidazole rings is 1. The van der Waals surface area contributed by atoms with Crippen LogP contribution in [-0.2, 0) is 6.54 Å². The number of para-hydroxylation sites is 1. The molecule has 7 nitrogen and oxygen atoms in total. The van der Waals surface area contributed by atoms with Gasteiger partial charge in [-0.2, -0.15) is 0 Å². The van der Waals surface area contributed by atoms with Gasteiger partial charge in [0.25, 0.3) is 5.91 Å². The van der Waals surface area contributed by atoms with E-state index in [1.807, 2.05) is 24.5 Å². The van der Waals surface area contributed by atoms with Crippen molar-refractivity contribution in [2.24, 2.45) is 5.73 Å². The van der Waals surface area contributed by atoms with Gasteiger partial charge in [-0.05, 0) is 23.8 Å². The molecule has 1 amide bonds. The van der Waals surface area contributed by atoms with Crippen LogP contribution in [-0.4, -0.2) is 51.9 Å². The van der Waals surface area contributed by atoms with Crippen molar-refractivity contribution in [3.8, 4) is 11.4 Å². The Bertz CT molecular complexity index is 1210. The number of aromatic nitrogens is 3. The number of amides is 1. The molecule has 4 aromatic rings. The number of H-pyrrole nitrogens is 1. The number of aromatic amines is 1. The fourth-order valence-corrected chi connectivity index (χ4v) is 4.19. The number of anilines is 1. The van der Waals surface area contributed by atoms with E-state index in [1.54, 1.807) is 12.1 Å². The van der Waals surface area contributed by atoms with Crippen molar-refractivity contribution in [1.82, 2.24) is 19.9 Å². The smallest absolute Gasteiger partial charge is 0.250 e. The van der Waals surface area contributed by atoms with Crippen LogP contribution in [0.2, 0.25) is 0 Å². The number of hydrogen-bond acceptors (Lipinski definition) is 5. The number of nitrogens with zero attached hydrogens (tertiary/aromatic N) is 4. The molecule has 3 N–H and O–H groups in total. The zero-order valence-corrected chi connectivity index (χ0v) is 17.2. The Balaban J connectivity index is 1.39. The van der Waals surface area contributed by atoms with Gasteiger partial charge in [0.1, 0.15) is 11.3 Å². The predicted molar refractivity (Wildman–Crippen MR) is 122 cm³/mol. The minimum absolute atomic E-state index is 0.417. The largest absolute Gasteiger partial charge is 0.368 e. The molecule has 1 fully saturated rings. The molecule has 0 saturated carbocycles. The van der Waals surface area contributed by atoms with Crippen LogP contribution in [0.1, 0.15) is 15.9 Å². The molecule has 156 valence electrons. The zero-order valence-electron chi connectivity index (χ0n) is 17.2. The van der Waals surface area contributed by atoms with Crippen LogP contribution in [0.3, 0.4) is 0 Å². The average Bonchev–Trinajstić information content (AvgIpc) is 3.24. The van der Waals surface area contributed by atoms with Crippen molar-refractivity contribution in [3.05, 3.63) is 78.1 Å².